The Labute approximate surface area is 149 Å². The van der Waals surface area contributed by atoms with Gasteiger partial charge in [-0.05, 0) is 24.3 Å². The molecule has 0 atom stereocenters. The van der Waals surface area contributed by atoms with Crippen LogP contribution in [0.3, 0.4) is 0 Å². The Kier molecular flexibility index (Phi) is 4.47. The van der Waals surface area contributed by atoms with E-state index in [2.05, 4.69) is 15.3 Å². The number of hydrogen-bond donors (Lipinski definition) is 0. The number of pyridine rings is 1. The standard InChI is InChI=1S/C18H17N5OS/c24-18(22-10-12-25-13-11-22)16-17(14-6-8-19-9-7-14)23(21-20-16)15-4-2-1-3-5-15/h1-9H,10-13H2. The summed E-state index contributed by atoms with van der Waals surface area (Å²) in [5.74, 6) is 1.86. The predicted molar refractivity (Wildman–Crippen MR) is 97.8 cm³/mol. The van der Waals surface area contributed by atoms with Gasteiger partial charge in [-0.25, -0.2) is 4.68 Å². The molecule has 0 radical (unpaired) electrons. The smallest absolute Gasteiger partial charge is 0.276 e. The third-order valence-electron chi connectivity index (χ3n) is 4.13. The third-order valence-corrected chi connectivity index (χ3v) is 5.07. The van der Waals surface area contributed by atoms with Gasteiger partial charge in [-0.3, -0.25) is 9.78 Å². The lowest BCUT2D eigenvalue weighted by molar-refractivity contribution is 0.0767. The molecule has 1 amide bonds. The van der Waals surface area contributed by atoms with Crippen molar-refractivity contribution < 1.29 is 4.79 Å². The highest BCUT2D eigenvalue weighted by Crippen LogP contribution is 2.26. The molecule has 25 heavy (non-hydrogen) atoms. The molecule has 0 unspecified atom stereocenters. The Morgan fingerprint density at radius 2 is 1.72 bits per heavy atom. The first-order valence-corrected chi connectivity index (χ1v) is 9.28. The molecule has 6 nitrogen and oxygen atoms in total. The molecule has 1 aromatic carbocycles. The van der Waals surface area contributed by atoms with Crippen LogP contribution in [0.2, 0.25) is 0 Å². The van der Waals surface area contributed by atoms with Crippen molar-refractivity contribution in [3.63, 3.8) is 0 Å². The Bertz CT molecular complexity index is 860. The SMILES string of the molecule is O=C(c1nnn(-c2ccccc2)c1-c1ccncc1)N1CCSCC1. The first-order valence-electron chi connectivity index (χ1n) is 8.13. The maximum atomic E-state index is 13.0. The molecule has 0 bridgehead atoms. The van der Waals surface area contributed by atoms with Crippen molar-refractivity contribution in [2.24, 2.45) is 0 Å². The van der Waals surface area contributed by atoms with Crippen LogP contribution in [0.4, 0.5) is 0 Å². The van der Waals surface area contributed by atoms with Crippen LogP contribution in [0.1, 0.15) is 10.5 Å². The number of nitrogens with zero attached hydrogens (tertiary/aromatic N) is 5. The molecule has 1 saturated heterocycles. The number of hydrogen-bond acceptors (Lipinski definition) is 5. The highest BCUT2D eigenvalue weighted by Gasteiger charge is 2.27. The molecule has 0 aliphatic carbocycles. The van der Waals surface area contributed by atoms with Gasteiger partial charge in [-0.1, -0.05) is 23.4 Å². The first-order chi connectivity index (χ1) is 12.3. The average molecular weight is 351 g/mol. The molecule has 126 valence electrons. The van der Waals surface area contributed by atoms with E-state index in [0.29, 0.717) is 11.4 Å². The second kappa shape index (κ2) is 7.06. The third kappa shape index (κ3) is 3.15. The van der Waals surface area contributed by atoms with Gasteiger partial charge in [-0.15, -0.1) is 5.10 Å². The minimum absolute atomic E-state index is 0.0608. The summed E-state index contributed by atoms with van der Waals surface area (Å²) in [7, 11) is 0. The summed E-state index contributed by atoms with van der Waals surface area (Å²) in [6.45, 7) is 1.50. The summed E-state index contributed by atoms with van der Waals surface area (Å²) in [5, 5.41) is 8.51. The molecule has 1 fully saturated rings. The second-order valence-electron chi connectivity index (χ2n) is 5.67. The summed E-state index contributed by atoms with van der Waals surface area (Å²) in [6, 6.07) is 13.5. The fraction of sp³-hybridized carbons (Fsp3) is 0.222. The lowest BCUT2D eigenvalue weighted by Crippen LogP contribution is -2.38. The van der Waals surface area contributed by atoms with Crippen molar-refractivity contribution >= 4 is 17.7 Å². The van der Waals surface area contributed by atoms with Crippen LogP contribution in [-0.4, -0.2) is 55.4 Å². The fourth-order valence-electron chi connectivity index (χ4n) is 2.86. The first kappa shape index (κ1) is 15.8. The van der Waals surface area contributed by atoms with Gasteiger partial charge in [0.05, 0.1) is 5.69 Å². The highest BCUT2D eigenvalue weighted by atomic mass is 32.2. The summed E-state index contributed by atoms with van der Waals surface area (Å²) in [6.07, 6.45) is 3.42. The van der Waals surface area contributed by atoms with Crippen LogP contribution in [0, 0.1) is 0 Å². The molecule has 1 aliphatic heterocycles. The van der Waals surface area contributed by atoms with Gasteiger partial charge in [0.1, 0.15) is 5.69 Å². The number of carbonyl (C=O) groups excluding carboxylic acids is 1. The van der Waals surface area contributed by atoms with Gasteiger partial charge in [0.15, 0.2) is 5.69 Å². The molecule has 7 heteroatoms. The predicted octanol–water partition coefficient (Wildman–Crippen LogP) is 2.52. The zero-order valence-corrected chi connectivity index (χ0v) is 14.4. The molecule has 3 aromatic rings. The average Bonchev–Trinajstić information content (AvgIpc) is 3.14. The van der Waals surface area contributed by atoms with Gasteiger partial charge >= 0.3 is 0 Å². The van der Waals surface area contributed by atoms with E-state index in [1.54, 1.807) is 17.1 Å². The number of amides is 1. The zero-order chi connectivity index (χ0) is 17.1. The van der Waals surface area contributed by atoms with E-state index in [1.807, 2.05) is 59.1 Å². The molecule has 2 aromatic heterocycles. The van der Waals surface area contributed by atoms with Crippen LogP contribution >= 0.6 is 11.8 Å². The molecule has 0 spiro atoms. The van der Waals surface area contributed by atoms with Crippen LogP contribution in [0.25, 0.3) is 16.9 Å². The molecule has 3 heterocycles. The van der Waals surface area contributed by atoms with E-state index >= 15 is 0 Å². The largest absolute Gasteiger partial charge is 0.336 e. The topological polar surface area (TPSA) is 63.9 Å². The summed E-state index contributed by atoms with van der Waals surface area (Å²) in [5.41, 5.74) is 2.84. The van der Waals surface area contributed by atoms with Crippen LogP contribution in [0.15, 0.2) is 54.9 Å². The normalized spacial score (nSPS) is 14.5. The van der Waals surface area contributed by atoms with Gasteiger partial charge in [0.25, 0.3) is 5.91 Å². The fourth-order valence-corrected chi connectivity index (χ4v) is 3.76. The second-order valence-corrected chi connectivity index (χ2v) is 6.90. The highest BCUT2D eigenvalue weighted by molar-refractivity contribution is 7.99. The van der Waals surface area contributed by atoms with Gasteiger partial charge in [0.2, 0.25) is 0 Å². The Hall–Kier alpha value is -2.67. The van der Waals surface area contributed by atoms with Gasteiger partial charge in [0, 0.05) is 42.6 Å². The van der Waals surface area contributed by atoms with Crippen LogP contribution < -0.4 is 0 Å². The minimum atomic E-state index is -0.0608. The molecule has 0 saturated carbocycles. The summed E-state index contributed by atoms with van der Waals surface area (Å²) >= 11 is 1.87. The number of thioether (sulfide) groups is 1. The molecule has 4 rings (SSSR count). The molecular weight excluding hydrogens is 334 g/mol. The van der Waals surface area contributed by atoms with E-state index in [0.717, 1.165) is 35.8 Å². The molecule has 1 aliphatic rings. The molecular formula is C18H17N5OS. The molecule has 0 N–H and O–H groups in total. The van der Waals surface area contributed by atoms with Crippen molar-refractivity contribution in [2.45, 2.75) is 0 Å². The van der Waals surface area contributed by atoms with Crippen molar-refractivity contribution in [3.05, 3.63) is 60.6 Å². The van der Waals surface area contributed by atoms with E-state index in [4.69, 9.17) is 0 Å². The van der Waals surface area contributed by atoms with Crippen molar-refractivity contribution in [1.82, 2.24) is 24.9 Å². The van der Waals surface area contributed by atoms with E-state index in [9.17, 15) is 4.79 Å². The minimum Gasteiger partial charge on any atom is -0.336 e. The number of aromatic nitrogens is 4. The number of benzene rings is 1. The van der Waals surface area contributed by atoms with Crippen molar-refractivity contribution in [3.8, 4) is 16.9 Å². The van der Waals surface area contributed by atoms with E-state index in [1.165, 1.54) is 0 Å². The van der Waals surface area contributed by atoms with Crippen LogP contribution in [-0.2, 0) is 0 Å². The van der Waals surface area contributed by atoms with Crippen molar-refractivity contribution in [1.29, 1.82) is 0 Å². The number of carbonyl (C=O) groups is 1. The summed E-state index contributed by atoms with van der Waals surface area (Å²) in [4.78, 5) is 19.0. The number of para-hydroxylation sites is 1. The maximum Gasteiger partial charge on any atom is 0.276 e. The Morgan fingerprint density at radius 1 is 1.00 bits per heavy atom. The van der Waals surface area contributed by atoms with Crippen LogP contribution in [0.5, 0.6) is 0 Å². The quantitative estimate of drug-likeness (QED) is 0.725. The lowest BCUT2D eigenvalue weighted by Gasteiger charge is -2.25. The monoisotopic (exact) mass is 351 g/mol. The summed E-state index contributed by atoms with van der Waals surface area (Å²) < 4.78 is 1.72. The Morgan fingerprint density at radius 3 is 2.44 bits per heavy atom. The van der Waals surface area contributed by atoms with E-state index < -0.39 is 0 Å². The van der Waals surface area contributed by atoms with E-state index in [-0.39, 0.29) is 5.91 Å². The zero-order valence-electron chi connectivity index (χ0n) is 13.6. The maximum absolute atomic E-state index is 13.0. The lowest BCUT2D eigenvalue weighted by atomic mass is 10.1. The Balaban J connectivity index is 1.82. The van der Waals surface area contributed by atoms with Crippen molar-refractivity contribution in [2.75, 3.05) is 24.6 Å². The van der Waals surface area contributed by atoms with Gasteiger partial charge in [-0.2, -0.15) is 11.8 Å². The number of rotatable bonds is 3. The van der Waals surface area contributed by atoms with Gasteiger partial charge < -0.3 is 4.90 Å².